The molecule has 0 amide bonds. The van der Waals surface area contributed by atoms with Crippen LogP contribution >= 0.6 is 0 Å². The minimum Gasteiger partial charge on any atom is -0.545 e. The van der Waals surface area contributed by atoms with Crippen molar-refractivity contribution in [2.75, 3.05) is 0 Å². The fourth-order valence-corrected chi connectivity index (χ4v) is 6.95. The van der Waals surface area contributed by atoms with E-state index in [-0.39, 0.29) is 16.5 Å². The van der Waals surface area contributed by atoms with Gasteiger partial charge in [-0.1, -0.05) is 27.7 Å². The van der Waals surface area contributed by atoms with Crippen LogP contribution < -0.4 is 10.2 Å². The molecule has 3 aromatic heterocycles. The summed E-state index contributed by atoms with van der Waals surface area (Å²) in [6, 6.07) is 4.07. The summed E-state index contributed by atoms with van der Waals surface area (Å²) < 4.78 is 0. The molecule has 0 radical (unpaired) electrons. The van der Waals surface area contributed by atoms with Gasteiger partial charge in [0.1, 0.15) is 0 Å². The zero-order valence-electron chi connectivity index (χ0n) is 28.1. The first kappa shape index (κ1) is 35.4. The number of allylic oxidation sites excluding steroid dienone is 4. The number of hydrogen-bond donors (Lipinski definition) is 2. The van der Waals surface area contributed by atoms with Crippen molar-refractivity contribution >= 4 is 68.4 Å². The molecule has 2 N–H and O–H groups in total. The Labute approximate surface area is 285 Å². The van der Waals surface area contributed by atoms with E-state index in [1.54, 1.807) is 12.2 Å². The first-order chi connectivity index (χ1) is 21.9. The molecule has 8 bridgehead atoms. The van der Waals surface area contributed by atoms with Gasteiger partial charge in [-0.25, -0.2) is 9.97 Å². The van der Waals surface area contributed by atoms with E-state index in [0.29, 0.717) is 24.0 Å². The molecular weight excluding hydrogens is 635 g/mol. The predicted molar refractivity (Wildman–Crippen MR) is 183 cm³/mol. The van der Waals surface area contributed by atoms with Crippen LogP contribution in [-0.4, -0.2) is 31.9 Å². The van der Waals surface area contributed by atoms with Crippen LogP contribution in [0.1, 0.15) is 111 Å². The fraction of sp³-hybridized carbons (Fsp3) is 0.316. The van der Waals surface area contributed by atoms with Crippen LogP contribution in [0.2, 0.25) is 0 Å². The molecule has 0 aliphatic carbocycles. The van der Waals surface area contributed by atoms with Crippen LogP contribution in [0.5, 0.6) is 0 Å². The second-order valence-corrected chi connectivity index (χ2v) is 11.8. The van der Waals surface area contributed by atoms with E-state index < -0.39 is 11.9 Å². The van der Waals surface area contributed by atoms with Gasteiger partial charge in [-0.15, -0.1) is 0 Å². The van der Waals surface area contributed by atoms with Gasteiger partial charge >= 0.3 is 16.5 Å². The number of nitrogens with zero attached hydrogens (tertiary/aromatic N) is 2. The molecule has 0 spiro atoms. The van der Waals surface area contributed by atoms with Gasteiger partial charge in [0.15, 0.2) is 0 Å². The number of carboxylic acids is 2. The van der Waals surface area contributed by atoms with E-state index in [1.165, 1.54) is 0 Å². The third-order valence-electron chi connectivity index (χ3n) is 9.33. The van der Waals surface area contributed by atoms with E-state index in [2.05, 4.69) is 37.7 Å². The van der Waals surface area contributed by atoms with Gasteiger partial charge < -0.3 is 29.8 Å². The second-order valence-electron chi connectivity index (χ2n) is 11.8. The number of rotatable bonds is 8. The van der Waals surface area contributed by atoms with Crippen LogP contribution in [0.15, 0.2) is 24.3 Å². The molecule has 47 heavy (non-hydrogen) atoms. The summed E-state index contributed by atoms with van der Waals surface area (Å²) in [6.07, 6.45) is 8.17. The molecule has 2 aliphatic heterocycles. The van der Waals surface area contributed by atoms with Crippen molar-refractivity contribution in [2.45, 2.75) is 81.1 Å². The maximum atomic E-state index is 11.7. The molecule has 9 heteroatoms. The summed E-state index contributed by atoms with van der Waals surface area (Å²) in [6.45, 7) is 16.5. The molecule has 0 fully saturated rings. The van der Waals surface area contributed by atoms with E-state index in [0.717, 1.165) is 114 Å². The summed E-state index contributed by atoms with van der Waals surface area (Å²) >= 11 is 0. The van der Waals surface area contributed by atoms with Crippen molar-refractivity contribution < 1.29 is 36.3 Å². The van der Waals surface area contributed by atoms with Crippen molar-refractivity contribution in [3.63, 3.8) is 0 Å². The molecule has 0 unspecified atom stereocenters. The number of nitrogens with one attached hydrogen (secondary N) is 2. The monoisotopic (exact) mass is 674 g/mol. The maximum Gasteiger partial charge on any atom is 2.00 e. The number of fused-ring (bicyclic) bond motifs is 8. The van der Waals surface area contributed by atoms with Crippen LogP contribution in [0.4, 0.5) is 0 Å². The quantitative estimate of drug-likeness (QED) is 0.214. The minimum absolute atomic E-state index is 0. The van der Waals surface area contributed by atoms with Crippen molar-refractivity contribution in [1.82, 2.24) is 19.9 Å². The van der Waals surface area contributed by atoms with Crippen molar-refractivity contribution in [1.29, 1.82) is 0 Å². The molecule has 0 aromatic carbocycles. The summed E-state index contributed by atoms with van der Waals surface area (Å²) in [5.74, 6) is -2.56. The molecular formula is C38H40N4NiO4. The van der Waals surface area contributed by atoms with E-state index in [1.807, 2.05) is 39.8 Å². The number of carboxylic acid groups (broad SMARTS) is 2. The number of aromatic nitrogens is 4. The number of aliphatic carboxylic acids is 2. The van der Waals surface area contributed by atoms with E-state index in [9.17, 15) is 19.8 Å². The van der Waals surface area contributed by atoms with Gasteiger partial charge in [0, 0.05) is 22.2 Å². The van der Waals surface area contributed by atoms with Crippen LogP contribution in [0.25, 0.3) is 56.5 Å². The predicted octanol–water partition coefficient (Wildman–Crippen LogP) is 6.26. The first-order valence-electron chi connectivity index (χ1n) is 15.9. The number of H-pyrrole nitrogens is 2. The molecule has 0 atom stereocenters. The molecule has 5 rings (SSSR count). The van der Waals surface area contributed by atoms with Gasteiger partial charge in [-0.2, -0.15) is 0 Å². The van der Waals surface area contributed by atoms with Gasteiger partial charge in [0.2, 0.25) is 0 Å². The summed E-state index contributed by atoms with van der Waals surface area (Å²) in [5.41, 5.74) is 16.0. The maximum absolute atomic E-state index is 11.7. The van der Waals surface area contributed by atoms with E-state index in [4.69, 9.17) is 9.97 Å². The Kier molecular flexibility index (Phi) is 10.6. The van der Waals surface area contributed by atoms with Crippen molar-refractivity contribution in [3.05, 3.63) is 80.4 Å². The zero-order chi connectivity index (χ0) is 33.4. The second kappa shape index (κ2) is 14.1. The average Bonchev–Trinajstić information content (AvgIpc) is 3.70. The summed E-state index contributed by atoms with van der Waals surface area (Å²) in [5, 5.41) is 23.3. The Morgan fingerprint density at radius 1 is 0.660 bits per heavy atom. The van der Waals surface area contributed by atoms with Crippen LogP contribution in [-0.2, 0) is 38.9 Å². The molecule has 246 valence electrons. The van der Waals surface area contributed by atoms with E-state index >= 15 is 0 Å². The molecule has 5 heterocycles. The molecule has 3 aromatic rings. The third-order valence-corrected chi connectivity index (χ3v) is 9.33. The summed E-state index contributed by atoms with van der Waals surface area (Å²) in [4.78, 5) is 40.8. The third kappa shape index (κ3) is 6.29. The standard InChI is InChI=1S/C38H42N4O4.Ni/c1-9-23-21(7)35-27(13-15-33(43)44)37-26(12-4)20(6)30(40-37)18-32-24(10-2)22(8)36(42-32)28(14-16-34(45)46)38-25(11-3)19(5)29(39-38)17-31(23)41-35;/h13-18,41-42H,9-12H2,1-8H3,(H,43,44)(H,45,46);/q;+2/p-2/b15-13+,16-14+,29-17?,30-18?,31-17?,32-18?,35-27?,36-28?,37-27?,38-28?;. The topological polar surface area (TPSA) is 138 Å². The van der Waals surface area contributed by atoms with Gasteiger partial charge in [0.05, 0.1) is 45.7 Å². The zero-order valence-corrected chi connectivity index (χ0v) is 29.1. The molecule has 8 nitrogen and oxygen atoms in total. The minimum atomic E-state index is -1.28. The SMILES string of the molecule is CCC1=C(C)c2cc3[nH]c(c(C)c3CC)c(/C=C/C(=O)[O-])c3nc(cc4[nH]c(c(C)c4CC)c(/C=C/C(=O)[O-])c1n2)C(C)=C3CC.[Ni+2]. The van der Waals surface area contributed by atoms with Crippen molar-refractivity contribution in [3.8, 4) is 0 Å². The Hall–Kier alpha value is -4.49. The smallest absolute Gasteiger partial charge is 0.545 e. The van der Waals surface area contributed by atoms with Crippen LogP contribution in [0, 0.1) is 13.8 Å². The van der Waals surface area contributed by atoms with Gasteiger partial charge in [0.25, 0.3) is 0 Å². The number of carbonyl (C=O) groups is 2. The Bertz CT molecular complexity index is 1940. The summed E-state index contributed by atoms with van der Waals surface area (Å²) in [7, 11) is 0. The number of carbonyl (C=O) groups excluding carboxylic acids is 2. The van der Waals surface area contributed by atoms with Crippen molar-refractivity contribution in [2.24, 2.45) is 0 Å². The fourth-order valence-electron chi connectivity index (χ4n) is 6.95. The number of aromatic amines is 2. The molecule has 0 saturated heterocycles. The van der Waals surface area contributed by atoms with Gasteiger partial charge in [-0.3, -0.25) is 0 Å². The van der Waals surface area contributed by atoms with Crippen LogP contribution in [0.3, 0.4) is 0 Å². The largest absolute Gasteiger partial charge is 2.00 e. The number of aryl methyl sites for hydroxylation is 4. The first-order valence-corrected chi connectivity index (χ1v) is 15.9. The molecule has 2 aliphatic rings. The number of hydrogen-bond acceptors (Lipinski definition) is 6. The Morgan fingerprint density at radius 3 is 1.32 bits per heavy atom. The molecule has 0 saturated carbocycles. The van der Waals surface area contributed by atoms with Gasteiger partial charge in [-0.05, 0) is 134 Å². The Morgan fingerprint density at radius 2 is 1.02 bits per heavy atom. The average molecular weight is 675 g/mol. The normalized spacial score (nSPS) is 13.3. The Balaban J connectivity index is 0.00000500.